The van der Waals surface area contributed by atoms with E-state index in [1.807, 2.05) is 25.1 Å². The van der Waals surface area contributed by atoms with Gasteiger partial charge in [-0.15, -0.1) is 0 Å². The van der Waals surface area contributed by atoms with Crippen LogP contribution in [0.2, 0.25) is 0 Å². The quantitative estimate of drug-likeness (QED) is 0.884. The summed E-state index contributed by atoms with van der Waals surface area (Å²) in [5.74, 6) is 0.639. The number of ether oxygens (including phenoxy) is 3. The molecule has 1 aromatic carbocycles. The molecule has 1 aromatic rings. The molecule has 6 heteroatoms. The van der Waals surface area contributed by atoms with Crippen molar-refractivity contribution >= 4 is 11.6 Å². The van der Waals surface area contributed by atoms with Gasteiger partial charge in [0.25, 0.3) is 0 Å². The minimum Gasteiger partial charge on any atom is -0.495 e. The summed E-state index contributed by atoms with van der Waals surface area (Å²) in [6.45, 7) is 4.69. The minimum absolute atomic E-state index is 0.0343. The molecule has 1 N–H and O–H groups in total. The highest BCUT2D eigenvalue weighted by molar-refractivity contribution is 5.93. The second kappa shape index (κ2) is 7.72. The van der Waals surface area contributed by atoms with Crippen molar-refractivity contribution in [2.45, 2.75) is 37.9 Å². The molecule has 3 rings (SSSR count). The van der Waals surface area contributed by atoms with Crippen molar-refractivity contribution in [2.75, 3.05) is 45.8 Å². The van der Waals surface area contributed by atoms with Gasteiger partial charge in [-0.25, -0.2) is 0 Å². The zero-order chi connectivity index (χ0) is 17.9. The Labute approximate surface area is 149 Å². The number of amides is 1. The number of carbonyl (C=O) groups is 1. The van der Waals surface area contributed by atoms with Crippen molar-refractivity contribution in [2.24, 2.45) is 0 Å². The molecule has 0 aliphatic carbocycles. The molecule has 0 unspecified atom stereocenters. The first-order valence-corrected chi connectivity index (χ1v) is 8.90. The molecule has 2 aliphatic rings. The zero-order valence-corrected chi connectivity index (χ0v) is 15.3. The van der Waals surface area contributed by atoms with Crippen molar-refractivity contribution in [3.63, 3.8) is 0 Å². The molecule has 1 spiro atoms. The number of methoxy groups -OCH3 is 2. The fourth-order valence-electron chi connectivity index (χ4n) is 4.00. The number of hydrogen-bond acceptors (Lipinski definition) is 5. The van der Waals surface area contributed by atoms with Crippen LogP contribution in [0.15, 0.2) is 18.2 Å². The van der Waals surface area contributed by atoms with E-state index in [9.17, 15) is 4.79 Å². The lowest BCUT2D eigenvalue weighted by Gasteiger charge is -2.44. The molecule has 2 atom stereocenters. The van der Waals surface area contributed by atoms with E-state index in [0.29, 0.717) is 18.0 Å². The first-order chi connectivity index (χ1) is 12.1. The number of nitrogens with one attached hydrogen (secondary N) is 1. The van der Waals surface area contributed by atoms with E-state index in [2.05, 4.69) is 10.2 Å². The highest BCUT2D eigenvalue weighted by atomic mass is 16.6. The first kappa shape index (κ1) is 18.2. The van der Waals surface area contributed by atoms with Gasteiger partial charge in [0.2, 0.25) is 5.91 Å². The van der Waals surface area contributed by atoms with E-state index in [0.717, 1.165) is 44.5 Å². The van der Waals surface area contributed by atoms with Crippen LogP contribution >= 0.6 is 0 Å². The van der Waals surface area contributed by atoms with Crippen LogP contribution in [0, 0.1) is 6.92 Å². The SMILES string of the molecule is COc1ccc(C)cc1NC(=O)CN1CC[C@@H](OC)[C@@]2(CCCO2)C1. The highest BCUT2D eigenvalue weighted by Gasteiger charge is 2.47. The molecule has 0 bridgehead atoms. The Kier molecular flexibility index (Phi) is 5.61. The summed E-state index contributed by atoms with van der Waals surface area (Å²) in [6, 6.07) is 5.76. The Bertz CT molecular complexity index is 613. The van der Waals surface area contributed by atoms with Gasteiger partial charge in [0.15, 0.2) is 0 Å². The van der Waals surface area contributed by atoms with Gasteiger partial charge in [-0.2, -0.15) is 0 Å². The lowest BCUT2D eigenvalue weighted by atomic mass is 9.87. The number of piperidine rings is 1. The Morgan fingerprint density at radius 2 is 2.28 bits per heavy atom. The highest BCUT2D eigenvalue weighted by Crippen LogP contribution is 2.36. The summed E-state index contributed by atoms with van der Waals surface area (Å²) in [5.41, 5.74) is 1.54. The van der Waals surface area contributed by atoms with E-state index in [4.69, 9.17) is 14.2 Å². The molecule has 0 aromatic heterocycles. The zero-order valence-electron chi connectivity index (χ0n) is 15.3. The summed E-state index contributed by atoms with van der Waals surface area (Å²) in [4.78, 5) is 14.7. The van der Waals surface area contributed by atoms with Gasteiger partial charge < -0.3 is 19.5 Å². The first-order valence-electron chi connectivity index (χ1n) is 8.90. The van der Waals surface area contributed by atoms with Gasteiger partial charge >= 0.3 is 0 Å². The maximum Gasteiger partial charge on any atom is 0.238 e. The number of aryl methyl sites for hydroxylation is 1. The maximum atomic E-state index is 12.5. The predicted molar refractivity (Wildman–Crippen MR) is 96.1 cm³/mol. The molecule has 25 heavy (non-hydrogen) atoms. The molecule has 1 amide bonds. The van der Waals surface area contributed by atoms with Crippen LogP contribution in [0.25, 0.3) is 0 Å². The van der Waals surface area contributed by atoms with Crippen LogP contribution in [0.5, 0.6) is 5.75 Å². The molecule has 0 radical (unpaired) electrons. The Balaban J connectivity index is 1.63. The average molecular weight is 348 g/mol. The van der Waals surface area contributed by atoms with E-state index < -0.39 is 0 Å². The molecule has 6 nitrogen and oxygen atoms in total. The summed E-state index contributed by atoms with van der Waals surface area (Å²) in [7, 11) is 3.36. The van der Waals surface area contributed by atoms with Crippen LogP contribution in [0.1, 0.15) is 24.8 Å². The van der Waals surface area contributed by atoms with Crippen molar-refractivity contribution in [1.29, 1.82) is 0 Å². The lowest BCUT2D eigenvalue weighted by Crippen LogP contribution is -2.58. The third-order valence-electron chi connectivity index (χ3n) is 5.20. The van der Waals surface area contributed by atoms with E-state index >= 15 is 0 Å². The van der Waals surface area contributed by atoms with Crippen LogP contribution in [0.4, 0.5) is 5.69 Å². The standard InChI is InChI=1S/C19H28N2O4/c1-14-5-6-16(23-2)15(11-14)20-18(22)12-21-9-7-17(24-3)19(13-21)8-4-10-25-19/h5-6,11,17H,4,7-10,12-13H2,1-3H3,(H,20,22)/t17-,19-/m1/s1. The summed E-state index contributed by atoms with van der Waals surface area (Å²) in [6.07, 6.45) is 3.05. The molecular formula is C19H28N2O4. The molecule has 2 aliphatic heterocycles. The lowest BCUT2D eigenvalue weighted by molar-refractivity contribution is -0.146. The normalized spacial score (nSPS) is 26.8. The number of nitrogens with zero attached hydrogens (tertiary/aromatic N) is 1. The Morgan fingerprint density at radius 1 is 1.44 bits per heavy atom. The molecule has 2 saturated heterocycles. The van der Waals surface area contributed by atoms with Gasteiger partial charge in [-0.1, -0.05) is 6.07 Å². The largest absolute Gasteiger partial charge is 0.495 e. The number of carbonyl (C=O) groups excluding carboxylic acids is 1. The summed E-state index contributed by atoms with van der Waals surface area (Å²) >= 11 is 0. The summed E-state index contributed by atoms with van der Waals surface area (Å²) < 4.78 is 17.0. The maximum absolute atomic E-state index is 12.5. The average Bonchev–Trinajstić information content (AvgIpc) is 3.04. The Morgan fingerprint density at radius 3 is 2.96 bits per heavy atom. The second-order valence-corrected chi connectivity index (χ2v) is 6.99. The number of likely N-dealkylation sites (tertiary alicyclic amines) is 1. The molecule has 2 fully saturated rings. The topological polar surface area (TPSA) is 60.0 Å². The van der Waals surface area contributed by atoms with Crippen LogP contribution in [-0.2, 0) is 14.3 Å². The van der Waals surface area contributed by atoms with Gasteiger partial charge in [-0.3, -0.25) is 9.69 Å². The Hall–Kier alpha value is -1.63. The minimum atomic E-state index is -0.256. The molecular weight excluding hydrogens is 320 g/mol. The fraction of sp³-hybridized carbons (Fsp3) is 0.632. The van der Waals surface area contributed by atoms with Crippen molar-refractivity contribution in [1.82, 2.24) is 4.90 Å². The van der Waals surface area contributed by atoms with Crippen LogP contribution in [-0.4, -0.2) is 63.0 Å². The van der Waals surface area contributed by atoms with Gasteiger partial charge in [0.1, 0.15) is 11.4 Å². The van der Waals surface area contributed by atoms with Crippen LogP contribution < -0.4 is 10.1 Å². The van der Waals surface area contributed by atoms with Crippen molar-refractivity contribution in [3.05, 3.63) is 23.8 Å². The third kappa shape index (κ3) is 3.97. The van der Waals surface area contributed by atoms with Gasteiger partial charge in [0, 0.05) is 26.8 Å². The molecule has 2 heterocycles. The van der Waals surface area contributed by atoms with E-state index in [-0.39, 0.29) is 17.6 Å². The predicted octanol–water partition coefficient (Wildman–Crippen LogP) is 2.21. The van der Waals surface area contributed by atoms with Crippen LogP contribution in [0.3, 0.4) is 0 Å². The van der Waals surface area contributed by atoms with E-state index in [1.54, 1.807) is 14.2 Å². The van der Waals surface area contributed by atoms with Crippen molar-refractivity contribution < 1.29 is 19.0 Å². The smallest absolute Gasteiger partial charge is 0.238 e. The van der Waals surface area contributed by atoms with Gasteiger partial charge in [0.05, 0.1) is 25.4 Å². The number of benzene rings is 1. The number of rotatable bonds is 5. The summed E-state index contributed by atoms with van der Waals surface area (Å²) in [5, 5.41) is 2.98. The monoisotopic (exact) mass is 348 g/mol. The second-order valence-electron chi connectivity index (χ2n) is 6.99. The fourth-order valence-corrected chi connectivity index (χ4v) is 4.00. The number of anilines is 1. The van der Waals surface area contributed by atoms with Crippen molar-refractivity contribution in [3.8, 4) is 5.75 Å². The molecule has 0 saturated carbocycles. The number of hydrogen-bond donors (Lipinski definition) is 1. The molecule has 138 valence electrons. The van der Waals surface area contributed by atoms with Gasteiger partial charge in [-0.05, 0) is 43.9 Å². The van der Waals surface area contributed by atoms with E-state index in [1.165, 1.54) is 0 Å². The third-order valence-corrected chi connectivity index (χ3v) is 5.20.